The van der Waals surface area contributed by atoms with E-state index in [-0.39, 0.29) is 17.0 Å². The molecule has 0 saturated carbocycles. The van der Waals surface area contributed by atoms with Crippen LogP contribution in [0.25, 0.3) is 11.2 Å². The maximum Gasteiger partial charge on any atom is 0.327 e. The van der Waals surface area contributed by atoms with Gasteiger partial charge >= 0.3 is 5.69 Å². The summed E-state index contributed by atoms with van der Waals surface area (Å²) in [5.74, 6) is 0. The van der Waals surface area contributed by atoms with Gasteiger partial charge < -0.3 is 4.98 Å². The molecule has 0 spiro atoms. The molecule has 7 heteroatoms. The molecule has 0 aromatic carbocycles. The van der Waals surface area contributed by atoms with E-state index in [1.54, 1.807) is 10.8 Å². The fourth-order valence-corrected chi connectivity index (χ4v) is 5.48. The van der Waals surface area contributed by atoms with Crippen LogP contribution in [0.4, 0.5) is 0 Å². The first kappa shape index (κ1) is 12.9. The lowest BCUT2D eigenvalue weighted by Crippen LogP contribution is -2.34. The number of hydrogen-bond donors (Lipinski definition) is 1. The van der Waals surface area contributed by atoms with Crippen LogP contribution in [0.2, 0.25) is 30.5 Å². The van der Waals surface area contributed by atoms with Crippen molar-refractivity contribution in [2.75, 3.05) is 0 Å². The number of aromatic nitrogens is 4. The van der Waals surface area contributed by atoms with Crippen molar-refractivity contribution in [2.45, 2.75) is 44.1 Å². The molecule has 1 aliphatic heterocycles. The Bertz CT molecular complexity index is 668. The lowest BCUT2D eigenvalue weighted by atomic mass is 10.1. The van der Waals surface area contributed by atoms with Gasteiger partial charge in [-0.05, 0) is 24.4 Å². The van der Waals surface area contributed by atoms with Gasteiger partial charge in [-0.1, -0.05) is 25.2 Å². The monoisotopic (exact) mass is 296 g/mol. The van der Waals surface area contributed by atoms with Crippen LogP contribution in [0.1, 0.15) is 18.9 Å². The third kappa shape index (κ3) is 2.34. The molecule has 19 heavy (non-hydrogen) atoms. The molecular formula is C12H17ClN4OSi. The zero-order valence-corrected chi connectivity index (χ0v) is 12.9. The SMILES string of the molecule is C[Si]1(C)CCC(n2c(=O)[nH]c3cnc(Cl)nc32)CC1. The third-order valence-electron chi connectivity index (χ3n) is 4.10. The number of nitrogens with one attached hydrogen (secondary N) is 1. The molecule has 0 amide bonds. The molecule has 1 N–H and O–H groups in total. The van der Waals surface area contributed by atoms with Crippen molar-refractivity contribution in [1.29, 1.82) is 0 Å². The van der Waals surface area contributed by atoms with Crippen molar-refractivity contribution in [3.63, 3.8) is 0 Å². The Kier molecular flexibility index (Phi) is 3.02. The Morgan fingerprint density at radius 1 is 1.42 bits per heavy atom. The molecular weight excluding hydrogens is 280 g/mol. The van der Waals surface area contributed by atoms with Crippen LogP contribution in [0, 0.1) is 0 Å². The van der Waals surface area contributed by atoms with E-state index < -0.39 is 8.07 Å². The van der Waals surface area contributed by atoms with Gasteiger partial charge in [-0.2, -0.15) is 4.98 Å². The van der Waals surface area contributed by atoms with E-state index in [9.17, 15) is 4.79 Å². The molecule has 0 radical (unpaired) electrons. The quantitative estimate of drug-likeness (QED) is 0.650. The topological polar surface area (TPSA) is 63.6 Å². The standard InChI is InChI=1S/C12H17ClN4OSi/c1-19(2)5-3-8(4-6-19)17-10-9(15-12(17)18)7-14-11(13)16-10/h7-8H,3-6H2,1-2H3,(H,15,18). The first-order valence-electron chi connectivity index (χ1n) is 6.59. The summed E-state index contributed by atoms with van der Waals surface area (Å²) in [6, 6.07) is 2.76. The molecule has 3 rings (SSSR count). The van der Waals surface area contributed by atoms with Crippen LogP contribution < -0.4 is 5.69 Å². The molecule has 102 valence electrons. The number of nitrogens with zero attached hydrogens (tertiary/aromatic N) is 3. The lowest BCUT2D eigenvalue weighted by molar-refractivity contribution is 0.448. The summed E-state index contributed by atoms with van der Waals surface area (Å²) in [6.07, 6.45) is 3.70. The molecule has 0 unspecified atom stereocenters. The van der Waals surface area contributed by atoms with Crippen LogP contribution >= 0.6 is 11.6 Å². The molecule has 1 aliphatic rings. The number of halogens is 1. The highest BCUT2D eigenvalue weighted by atomic mass is 35.5. The average Bonchev–Trinajstić information content (AvgIpc) is 2.65. The minimum atomic E-state index is -1.02. The Morgan fingerprint density at radius 2 is 2.11 bits per heavy atom. The predicted octanol–water partition coefficient (Wildman–Crippen LogP) is 2.82. The molecule has 0 bridgehead atoms. The minimum absolute atomic E-state index is 0.0991. The van der Waals surface area contributed by atoms with E-state index in [0.717, 1.165) is 12.8 Å². The number of fused-ring (bicyclic) bond motifs is 1. The highest BCUT2D eigenvalue weighted by Gasteiger charge is 2.31. The summed E-state index contributed by atoms with van der Waals surface area (Å²) >= 11 is 5.84. The second-order valence-electron chi connectivity index (χ2n) is 6.07. The van der Waals surface area contributed by atoms with Gasteiger partial charge in [-0.15, -0.1) is 0 Å². The number of rotatable bonds is 1. The summed E-state index contributed by atoms with van der Waals surface area (Å²) < 4.78 is 1.77. The van der Waals surface area contributed by atoms with E-state index in [1.807, 2.05) is 0 Å². The van der Waals surface area contributed by atoms with Crippen molar-refractivity contribution >= 4 is 30.8 Å². The zero-order chi connectivity index (χ0) is 13.6. The van der Waals surface area contributed by atoms with Gasteiger partial charge in [0, 0.05) is 14.1 Å². The van der Waals surface area contributed by atoms with Gasteiger partial charge in [0.05, 0.1) is 6.20 Å². The zero-order valence-electron chi connectivity index (χ0n) is 11.1. The van der Waals surface area contributed by atoms with Crippen molar-refractivity contribution in [3.05, 3.63) is 22.0 Å². The second-order valence-corrected chi connectivity index (χ2v) is 11.7. The molecule has 1 saturated heterocycles. The van der Waals surface area contributed by atoms with Gasteiger partial charge in [0.2, 0.25) is 5.28 Å². The largest absolute Gasteiger partial charge is 0.327 e. The second kappa shape index (κ2) is 4.45. The summed E-state index contributed by atoms with van der Waals surface area (Å²) in [4.78, 5) is 23.0. The van der Waals surface area contributed by atoms with E-state index in [0.29, 0.717) is 11.2 Å². The van der Waals surface area contributed by atoms with E-state index in [4.69, 9.17) is 11.6 Å². The Hall–Kier alpha value is -1.14. The summed E-state index contributed by atoms with van der Waals surface area (Å²) in [5, 5.41) is 0.186. The fraction of sp³-hybridized carbons (Fsp3) is 0.583. The Morgan fingerprint density at radius 3 is 2.79 bits per heavy atom. The first-order chi connectivity index (χ1) is 8.96. The first-order valence-corrected chi connectivity index (χ1v) is 10.4. The molecule has 0 aliphatic carbocycles. The van der Waals surface area contributed by atoms with Gasteiger partial charge in [0.15, 0.2) is 5.65 Å². The lowest BCUT2D eigenvalue weighted by Gasteiger charge is -2.33. The minimum Gasteiger partial charge on any atom is -0.303 e. The van der Waals surface area contributed by atoms with Gasteiger partial charge in [0.25, 0.3) is 0 Å². The highest BCUT2D eigenvalue weighted by molar-refractivity contribution is 6.77. The predicted molar refractivity (Wildman–Crippen MR) is 78.5 cm³/mol. The van der Waals surface area contributed by atoms with Gasteiger partial charge in [0.1, 0.15) is 5.52 Å². The van der Waals surface area contributed by atoms with E-state index in [1.165, 1.54) is 12.1 Å². The summed E-state index contributed by atoms with van der Waals surface area (Å²) in [7, 11) is -1.02. The molecule has 1 fully saturated rings. The van der Waals surface area contributed by atoms with E-state index >= 15 is 0 Å². The average molecular weight is 297 g/mol. The summed E-state index contributed by atoms with van der Waals surface area (Å²) in [5.41, 5.74) is 1.20. The van der Waals surface area contributed by atoms with Crippen LogP contribution in [-0.4, -0.2) is 27.6 Å². The Labute approximate surface area is 117 Å². The number of imidazole rings is 1. The van der Waals surface area contributed by atoms with Gasteiger partial charge in [-0.3, -0.25) is 4.57 Å². The van der Waals surface area contributed by atoms with Crippen LogP contribution in [0.5, 0.6) is 0 Å². The number of H-pyrrole nitrogens is 1. The molecule has 0 atom stereocenters. The van der Waals surface area contributed by atoms with Crippen LogP contribution in [0.15, 0.2) is 11.0 Å². The number of hydrogen-bond acceptors (Lipinski definition) is 3. The maximum atomic E-state index is 12.1. The van der Waals surface area contributed by atoms with Crippen molar-refractivity contribution < 1.29 is 0 Å². The van der Waals surface area contributed by atoms with Gasteiger partial charge in [-0.25, -0.2) is 9.78 Å². The van der Waals surface area contributed by atoms with E-state index in [2.05, 4.69) is 28.0 Å². The number of aromatic amines is 1. The normalized spacial score (nSPS) is 19.9. The van der Waals surface area contributed by atoms with Crippen LogP contribution in [-0.2, 0) is 0 Å². The van der Waals surface area contributed by atoms with Crippen molar-refractivity contribution in [3.8, 4) is 0 Å². The van der Waals surface area contributed by atoms with Crippen LogP contribution in [0.3, 0.4) is 0 Å². The fourth-order valence-electron chi connectivity index (χ4n) is 2.88. The molecule has 5 nitrogen and oxygen atoms in total. The molecule has 2 aromatic rings. The van der Waals surface area contributed by atoms with Crippen molar-refractivity contribution in [2.24, 2.45) is 0 Å². The maximum absolute atomic E-state index is 12.1. The molecule has 3 heterocycles. The smallest absolute Gasteiger partial charge is 0.303 e. The molecule has 2 aromatic heterocycles. The highest BCUT2D eigenvalue weighted by Crippen LogP contribution is 2.35. The van der Waals surface area contributed by atoms with Crippen molar-refractivity contribution in [1.82, 2.24) is 19.5 Å². The summed E-state index contributed by atoms with van der Waals surface area (Å²) in [6.45, 7) is 4.83. The Balaban J connectivity index is 2.03. The third-order valence-corrected chi connectivity index (χ3v) is 7.57.